The quantitative estimate of drug-likeness (QED) is 0.652. The van der Waals surface area contributed by atoms with Crippen molar-refractivity contribution in [1.82, 2.24) is 19.6 Å². The van der Waals surface area contributed by atoms with Gasteiger partial charge in [-0.25, -0.2) is 0 Å². The van der Waals surface area contributed by atoms with Crippen LogP contribution >= 0.6 is 11.6 Å². The SMILES string of the molecule is CCn1cc(/C=C/C(=O)Nc2c(C)nn(Cc3ccc(Cl)cc3)c2C)cn1. The van der Waals surface area contributed by atoms with Gasteiger partial charge in [-0.1, -0.05) is 23.7 Å². The summed E-state index contributed by atoms with van der Waals surface area (Å²) in [6, 6.07) is 7.65. The molecule has 0 spiro atoms. The molecule has 0 fully saturated rings. The van der Waals surface area contributed by atoms with Crippen molar-refractivity contribution in [2.45, 2.75) is 33.9 Å². The molecule has 0 saturated carbocycles. The number of aromatic nitrogens is 4. The molecular weight excluding hydrogens is 362 g/mol. The number of benzene rings is 1. The fraction of sp³-hybridized carbons (Fsp3) is 0.250. The lowest BCUT2D eigenvalue weighted by Crippen LogP contribution is -2.10. The van der Waals surface area contributed by atoms with Gasteiger partial charge in [-0.2, -0.15) is 10.2 Å². The molecule has 7 heteroatoms. The molecule has 3 rings (SSSR count). The van der Waals surface area contributed by atoms with Crippen LogP contribution in [0.2, 0.25) is 5.02 Å². The molecule has 0 aliphatic heterocycles. The fourth-order valence-electron chi connectivity index (χ4n) is 2.77. The molecule has 2 aromatic heterocycles. The number of rotatable bonds is 6. The van der Waals surface area contributed by atoms with Gasteiger partial charge in [0.1, 0.15) is 0 Å². The Labute approximate surface area is 163 Å². The Morgan fingerprint density at radius 1 is 1.26 bits per heavy atom. The molecule has 0 unspecified atom stereocenters. The van der Waals surface area contributed by atoms with Crippen LogP contribution in [0.15, 0.2) is 42.7 Å². The van der Waals surface area contributed by atoms with Crippen LogP contribution in [0.5, 0.6) is 0 Å². The molecule has 1 amide bonds. The lowest BCUT2D eigenvalue weighted by molar-refractivity contribution is -0.111. The van der Waals surface area contributed by atoms with E-state index in [0.29, 0.717) is 11.6 Å². The van der Waals surface area contributed by atoms with Crippen molar-refractivity contribution < 1.29 is 4.79 Å². The van der Waals surface area contributed by atoms with E-state index in [-0.39, 0.29) is 5.91 Å². The summed E-state index contributed by atoms with van der Waals surface area (Å²) in [5, 5.41) is 12.4. The van der Waals surface area contributed by atoms with Crippen LogP contribution < -0.4 is 5.32 Å². The highest BCUT2D eigenvalue weighted by Gasteiger charge is 2.13. The minimum atomic E-state index is -0.198. The van der Waals surface area contributed by atoms with E-state index in [4.69, 9.17) is 11.6 Å². The molecule has 0 aliphatic rings. The van der Waals surface area contributed by atoms with Gasteiger partial charge in [-0.15, -0.1) is 0 Å². The van der Waals surface area contributed by atoms with E-state index in [9.17, 15) is 4.79 Å². The van der Waals surface area contributed by atoms with E-state index in [2.05, 4.69) is 15.5 Å². The number of carbonyl (C=O) groups is 1. The number of nitrogens with one attached hydrogen (secondary N) is 1. The lowest BCUT2D eigenvalue weighted by atomic mass is 10.2. The average Bonchev–Trinajstić information content (AvgIpc) is 3.22. The van der Waals surface area contributed by atoms with Gasteiger partial charge in [-0.05, 0) is 44.5 Å². The van der Waals surface area contributed by atoms with Crippen molar-refractivity contribution >= 4 is 29.3 Å². The van der Waals surface area contributed by atoms with Gasteiger partial charge in [0.2, 0.25) is 5.91 Å². The summed E-state index contributed by atoms with van der Waals surface area (Å²) in [5.74, 6) is -0.198. The van der Waals surface area contributed by atoms with E-state index in [1.54, 1.807) is 12.3 Å². The molecule has 1 N–H and O–H groups in total. The number of amides is 1. The molecule has 27 heavy (non-hydrogen) atoms. The molecule has 140 valence electrons. The van der Waals surface area contributed by atoms with Crippen molar-refractivity contribution in [2.24, 2.45) is 0 Å². The Balaban J connectivity index is 1.70. The van der Waals surface area contributed by atoms with Crippen LogP contribution in [0.25, 0.3) is 6.08 Å². The number of carbonyl (C=O) groups excluding carboxylic acids is 1. The second-order valence-electron chi connectivity index (χ2n) is 6.28. The second kappa shape index (κ2) is 8.22. The Kier molecular flexibility index (Phi) is 5.76. The van der Waals surface area contributed by atoms with Crippen molar-refractivity contribution in [1.29, 1.82) is 0 Å². The molecule has 0 atom stereocenters. The van der Waals surface area contributed by atoms with Gasteiger partial charge in [0, 0.05) is 29.4 Å². The van der Waals surface area contributed by atoms with Crippen LogP contribution in [-0.2, 0) is 17.9 Å². The Bertz CT molecular complexity index is 969. The minimum Gasteiger partial charge on any atom is -0.319 e. The summed E-state index contributed by atoms with van der Waals surface area (Å²) >= 11 is 5.93. The first-order chi connectivity index (χ1) is 13.0. The summed E-state index contributed by atoms with van der Waals surface area (Å²) in [7, 11) is 0. The standard InChI is InChI=1S/C20H22ClN5O/c1-4-25-12-17(11-22-25)7-10-19(27)23-20-14(2)24-26(15(20)3)13-16-5-8-18(21)9-6-16/h5-12H,4,13H2,1-3H3,(H,23,27)/b10-7+. The number of hydrogen-bond donors (Lipinski definition) is 1. The molecule has 1 aromatic carbocycles. The largest absolute Gasteiger partial charge is 0.319 e. The summed E-state index contributed by atoms with van der Waals surface area (Å²) in [4.78, 5) is 12.3. The third-order valence-electron chi connectivity index (χ3n) is 4.28. The van der Waals surface area contributed by atoms with Crippen LogP contribution in [0.3, 0.4) is 0 Å². The van der Waals surface area contributed by atoms with Gasteiger partial charge in [0.25, 0.3) is 0 Å². The normalized spacial score (nSPS) is 11.3. The van der Waals surface area contributed by atoms with E-state index >= 15 is 0 Å². The summed E-state index contributed by atoms with van der Waals surface area (Å²) < 4.78 is 3.69. The van der Waals surface area contributed by atoms with Crippen LogP contribution in [0.4, 0.5) is 5.69 Å². The topological polar surface area (TPSA) is 64.7 Å². The van der Waals surface area contributed by atoms with E-state index in [0.717, 1.165) is 34.7 Å². The van der Waals surface area contributed by atoms with Gasteiger partial charge in [0.15, 0.2) is 0 Å². The number of nitrogens with zero attached hydrogens (tertiary/aromatic N) is 4. The number of anilines is 1. The number of aryl methyl sites for hydroxylation is 2. The molecule has 6 nitrogen and oxygen atoms in total. The summed E-state index contributed by atoms with van der Waals surface area (Å²) in [6.07, 6.45) is 6.88. The third-order valence-corrected chi connectivity index (χ3v) is 4.53. The second-order valence-corrected chi connectivity index (χ2v) is 6.72. The zero-order valence-electron chi connectivity index (χ0n) is 15.6. The van der Waals surface area contributed by atoms with Crippen LogP contribution in [0.1, 0.15) is 29.4 Å². The first kappa shape index (κ1) is 18.9. The minimum absolute atomic E-state index is 0.198. The van der Waals surface area contributed by atoms with Gasteiger partial charge in [0.05, 0.1) is 29.8 Å². The molecule has 0 aliphatic carbocycles. The zero-order valence-corrected chi connectivity index (χ0v) is 16.4. The highest BCUT2D eigenvalue weighted by Crippen LogP contribution is 2.21. The van der Waals surface area contributed by atoms with E-state index in [1.165, 1.54) is 6.08 Å². The molecule has 3 aromatic rings. The van der Waals surface area contributed by atoms with E-state index in [1.807, 2.05) is 60.6 Å². The monoisotopic (exact) mass is 383 g/mol. The molecular formula is C20H22ClN5O. The fourth-order valence-corrected chi connectivity index (χ4v) is 2.90. The molecule has 0 bridgehead atoms. The first-order valence-electron chi connectivity index (χ1n) is 8.76. The Hall–Kier alpha value is -2.86. The van der Waals surface area contributed by atoms with Crippen LogP contribution in [-0.4, -0.2) is 25.5 Å². The Morgan fingerprint density at radius 2 is 2.00 bits per heavy atom. The van der Waals surface area contributed by atoms with E-state index < -0.39 is 0 Å². The lowest BCUT2D eigenvalue weighted by Gasteiger charge is -2.06. The summed E-state index contributed by atoms with van der Waals surface area (Å²) in [6.45, 7) is 7.26. The summed E-state index contributed by atoms with van der Waals surface area (Å²) in [5.41, 5.74) is 4.41. The average molecular weight is 384 g/mol. The van der Waals surface area contributed by atoms with Crippen molar-refractivity contribution in [3.63, 3.8) is 0 Å². The predicted octanol–water partition coefficient (Wildman–Crippen LogP) is 4.07. The number of halogens is 1. The van der Waals surface area contributed by atoms with Gasteiger partial charge in [-0.3, -0.25) is 14.2 Å². The predicted molar refractivity (Wildman–Crippen MR) is 108 cm³/mol. The highest BCUT2D eigenvalue weighted by molar-refractivity contribution is 6.30. The maximum absolute atomic E-state index is 12.3. The highest BCUT2D eigenvalue weighted by atomic mass is 35.5. The first-order valence-corrected chi connectivity index (χ1v) is 9.14. The third kappa shape index (κ3) is 4.65. The zero-order chi connectivity index (χ0) is 19.4. The Morgan fingerprint density at radius 3 is 2.67 bits per heavy atom. The van der Waals surface area contributed by atoms with Gasteiger partial charge < -0.3 is 5.32 Å². The van der Waals surface area contributed by atoms with Crippen LogP contribution in [0, 0.1) is 13.8 Å². The molecule has 0 radical (unpaired) electrons. The number of hydrogen-bond acceptors (Lipinski definition) is 3. The van der Waals surface area contributed by atoms with Crippen molar-refractivity contribution in [3.8, 4) is 0 Å². The smallest absolute Gasteiger partial charge is 0.248 e. The van der Waals surface area contributed by atoms with Gasteiger partial charge >= 0.3 is 0 Å². The molecule has 2 heterocycles. The maximum Gasteiger partial charge on any atom is 0.248 e. The van der Waals surface area contributed by atoms with Crippen molar-refractivity contribution in [2.75, 3.05) is 5.32 Å². The maximum atomic E-state index is 12.3. The molecule has 0 saturated heterocycles. The van der Waals surface area contributed by atoms with Crippen molar-refractivity contribution in [3.05, 3.63) is 70.3 Å².